The molecule has 2 aromatic rings. The Morgan fingerprint density at radius 2 is 1.78 bits per heavy atom. The molecule has 23 heavy (non-hydrogen) atoms. The fourth-order valence-electron chi connectivity index (χ4n) is 2.33. The summed E-state index contributed by atoms with van der Waals surface area (Å²) in [5.74, 6) is 1.02. The van der Waals surface area contributed by atoms with Gasteiger partial charge in [-0.3, -0.25) is 4.79 Å². The van der Waals surface area contributed by atoms with E-state index in [-0.39, 0.29) is 5.91 Å². The van der Waals surface area contributed by atoms with Crippen molar-refractivity contribution in [3.63, 3.8) is 0 Å². The molecule has 1 N–H and O–H groups in total. The average Bonchev–Trinajstić information content (AvgIpc) is 2.57. The van der Waals surface area contributed by atoms with Gasteiger partial charge in [-0.15, -0.1) is 0 Å². The number of anilines is 1. The molecule has 2 aromatic carbocycles. The first-order valence-electron chi connectivity index (χ1n) is 7.89. The van der Waals surface area contributed by atoms with Crippen molar-refractivity contribution >= 4 is 11.6 Å². The van der Waals surface area contributed by atoms with Gasteiger partial charge in [0.15, 0.2) is 11.5 Å². The van der Waals surface area contributed by atoms with Crippen LogP contribution in [0.4, 0.5) is 5.69 Å². The summed E-state index contributed by atoms with van der Waals surface area (Å²) < 4.78 is 10.7. The van der Waals surface area contributed by atoms with E-state index in [4.69, 9.17) is 9.47 Å². The predicted octanol–water partition coefficient (Wildman–Crippen LogP) is 4.30. The lowest BCUT2D eigenvalue weighted by molar-refractivity contribution is 0.102. The first kappa shape index (κ1) is 16.9. The molecule has 4 heteroatoms. The normalized spacial score (nSPS) is 10.2. The summed E-state index contributed by atoms with van der Waals surface area (Å²) in [6.45, 7) is 4.60. The third-order valence-corrected chi connectivity index (χ3v) is 3.48. The zero-order chi connectivity index (χ0) is 16.7. The molecule has 0 aliphatic rings. The van der Waals surface area contributed by atoms with E-state index in [0.29, 0.717) is 23.7 Å². The molecule has 0 bridgehead atoms. The minimum atomic E-state index is -0.172. The Bertz CT molecular complexity index is 650. The molecular weight excluding hydrogens is 290 g/mol. The van der Waals surface area contributed by atoms with Crippen molar-refractivity contribution in [2.24, 2.45) is 0 Å². The predicted molar refractivity (Wildman–Crippen MR) is 92.6 cm³/mol. The summed E-state index contributed by atoms with van der Waals surface area (Å²) >= 11 is 0. The number of benzene rings is 2. The van der Waals surface area contributed by atoms with Gasteiger partial charge >= 0.3 is 0 Å². The van der Waals surface area contributed by atoms with Crippen LogP contribution in [0.25, 0.3) is 0 Å². The lowest BCUT2D eigenvalue weighted by Gasteiger charge is -2.11. The fraction of sp³-hybridized carbons (Fsp3) is 0.316. The second-order valence-electron chi connectivity index (χ2n) is 5.20. The lowest BCUT2D eigenvalue weighted by Crippen LogP contribution is -2.12. The maximum absolute atomic E-state index is 12.4. The van der Waals surface area contributed by atoms with E-state index in [1.165, 1.54) is 5.56 Å². The van der Waals surface area contributed by atoms with Gasteiger partial charge in [-0.1, -0.05) is 25.5 Å². The number of carbonyl (C=O) groups excluding carboxylic acids is 1. The molecule has 0 heterocycles. The highest BCUT2D eigenvalue weighted by Gasteiger charge is 2.11. The lowest BCUT2D eigenvalue weighted by atomic mass is 10.1. The van der Waals surface area contributed by atoms with Crippen molar-refractivity contribution < 1.29 is 14.3 Å². The summed E-state index contributed by atoms with van der Waals surface area (Å²) in [5.41, 5.74) is 2.58. The summed E-state index contributed by atoms with van der Waals surface area (Å²) in [6, 6.07) is 13.1. The molecule has 1 amide bonds. The Morgan fingerprint density at radius 1 is 1.04 bits per heavy atom. The van der Waals surface area contributed by atoms with Crippen molar-refractivity contribution in [3.8, 4) is 11.5 Å². The standard InChI is InChI=1S/C19H23NO3/c1-4-6-14-7-10-16(11-8-14)20-19(21)15-9-12-17(23-5-2)18(13-15)22-3/h7-13H,4-6H2,1-3H3,(H,20,21). The highest BCUT2D eigenvalue weighted by Crippen LogP contribution is 2.28. The number of methoxy groups -OCH3 is 1. The van der Waals surface area contributed by atoms with Crippen molar-refractivity contribution in [2.75, 3.05) is 19.0 Å². The highest BCUT2D eigenvalue weighted by molar-refractivity contribution is 6.04. The van der Waals surface area contributed by atoms with E-state index >= 15 is 0 Å². The van der Waals surface area contributed by atoms with Crippen LogP contribution in [-0.2, 0) is 6.42 Å². The molecule has 0 radical (unpaired) electrons. The van der Waals surface area contributed by atoms with Gasteiger partial charge in [0, 0.05) is 11.3 Å². The van der Waals surface area contributed by atoms with Crippen LogP contribution < -0.4 is 14.8 Å². The number of ether oxygens (including phenoxy) is 2. The van der Waals surface area contributed by atoms with Crippen LogP contribution in [0.1, 0.15) is 36.2 Å². The molecule has 2 rings (SSSR count). The maximum atomic E-state index is 12.4. The summed E-state index contributed by atoms with van der Waals surface area (Å²) in [5, 5.41) is 2.89. The number of carbonyl (C=O) groups is 1. The Hall–Kier alpha value is -2.49. The van der Waals surface area contributed by atoms with Gasteiger partial charge in [-0.25, -0.2) is 0 Å². The number of aryl methyl sites for hydroxylation is 1. The van der Waals surface area contributed by atoms with E-state index in [9.17, 15) is 4.79 Å². The topological polar surface area (TPSA) is 47.6 Å². The van der Waals surface area contributed by atoms with Crippen LogP contribution in [0.3, 0.4) is 0 Å². The van der Waals surface area contributed by atoms with E-state index < -0.39 is 0 Å². The van der Waals surface area contributed by atoms with Crippen LogP contribution in [0.15, 0.2) is 42.5 Å². The minimum absolute atomic E-state index is 0.172. The summed E-state index contributed by atoms with van der Waals surface area (Å²) in [4.78, 5) is 12.4. The van der Waals surface area contributed by atoms with Crippen LogP contribution in [0.2, 0.25) is 0 Å². The van der Waals surface area contributed by atoms with Crippen LogP contribution >= 0.6 is 0 Å². The highest BCUT2D eigenvalue weighted by atomic mass is 16.5. The second-order valence-corrected chi connectivity index (χ2v) is 5.20. The molecule has 0 unspecified atom stereocenters. The van der Waals surface area contributed by atoms with Gasteiger partial charge in [0.05, 0.1) is 13.7 Å². The Kier molecular flexibility index (Phi) is 6.03. The van der Waals surface area contributed by atoms with E-state index in [1.807, 2.05) is 31.2 Å². The number of hydrogen-bond acceptors (Lipinski definition) is 3. The molecule has 0 aromatic heterocycles. The van der Waals surface area contributed by atoms with E-state index in [1.54, 1.807) is 25.3 Å². The number of nitrogens with one attached hydrogen (secondary N) is 1. The fourth-order valence-corrected chi connectivity index (χ4v) is 2.33. The van der Waals surface area contributed by atoms with E-state index in [0.717, 1.165) is 18.5 Å². The number of amides is 1. The Balaban J connectivity index is 2.10. The smallest absolute Gasteiger partial charge is 0.255 e. The van der Waals surface area contributed by atoms with Gasteiger partial charge in [0.25, 0.3) is 5.91 Å². The third kappa shape index (κ3) is 4.49. The molecule has 122 valence electrons. The average molecular weight is 313 g/mol. The molecule has 0 saturated carbocycles. The number of rotatable bonds is 7. The van der Waals surface area contributed by atoms with Gasteiger partial charge < -0.3 is 14.8 Å². The monoisotopic (exact) mass is 313 g/mol. The van der Waals surface area contributed by atoms with Crippen molar-refractivity contribution in [1.82, 2.24) is 0 Å². The summed E-state index contributed by atoms with van der Waals surface area (Å²) in [6.07, 6.45) is 2.15. The molecule has 0 saturated heterocycles. The quantitative estimate of drug-likeness (QED) is 0.829. The Morgan fingerprint density at radius 3 is 2.39 bits per heavy atom. The zero-order valence-corrected chi connectivity index (χ0v) is 13.9. The first-order valence-corrected chi connectivity index (χ1v) is 7.89. The molecule has 4 nitrogen and oxygen atoms in total. The third-order valence-electron chi connectivity index (χ3n) is 3.48. The SMILES string of the molecule is CCCc1ccc(NC(=O)c2ccc(OCC)c(OC)c2)cc1. The molecular formula is C19H23NO3. The molecule has 0 spiro atoms. The van der Waals surface area contributed by atoms with Crippen molar-refractivity contribution in [1.29, 1.82) is 0 Å². The second kappa shape index (κ2) is 8.22. The van der Waals surface area contributed by atoms with Crippen molar-refractivity contribution in [3.05, 3.63) is 53.6 Å². The maximum Gasteiger partial charge on any atom is 0.255 e. The van der Waals surface area contributed by atoms with Crippen LogP contribution in [0, 0.1) is 0 Å². The van der Waals surface area contributed by atoms with Crippen molar-refractivity contribution in [2.45, 2.75) is 26.7 Å². The van der Waals surface area contributed by atoms with Gasteiger partial charge in [0.2, 0.25) is 0 Å². The molecule has 0 aliphatic heterocycles. The summed E-state index contributed by atoms with van der Waals surface area (Å²) in [7, 11) is 1.56. The number of hydrogen-bond donors (Lipinski definition) is 1. The Labute approximate surface area is 137 Å². The van der Waals surface area contributed by atoms with Crippen LogP contribution in [-0.4, -0.2) is 19.6 Å². The minimum Gasteiger partial charge on any atom is -0.493 e. The van der Waals surface area contributed by atoms with Gasteiger partial charge in [0.1, 0.15) is 0 Å². The van der Waals surface area contributed by atoms with Gasteiger partial charge in [-0.05, 0) is 49.2 Å². The molecule has 0 fully saturated rings. The zero-order valence-electron chi connectivity index (χ0n) is 13.9. The van der Waals surface area contributed by atoms with Crippen LogP contribution in [0.5, 0.6) is 11.5 Å². The first-order chi connectivity index (χ1) is 11.2. The van der Waals surface area contributed by atoms with Gasteiger partial charge in [-0.2, -0.15) is 0 Å². The molecule has 0 aliphatic carbocycles. The van der Waals surface area contributed by atoms with E-state index in [2.05, 4.69) is 12.2 Å². The largest absolute Gasteiger partial charge is 0.493 e. The molecule has 0 atom stereocenters.